The molecule has 0 aliphatic heterocycles. The summed E-state index contributed by atoms with van der Waals surface area (Å²) in [5.74, 6) is 1.37. The third-order valence-corrected chi connectivity index (χ3v) is 3.38. The van der Waals surface area contributed by atoms with E-state index in [1.807, 2.05) is 56.3 Å². The molecular weight excluding hydrogens is 344 g/mol. The molecule has 0 spiro atoms. The lowest BCUT2D eigenvalue weighted by Gasteiger charge is -2.15. The predicted octanol–water partition coefficient (Wildman–Crippen LogP) is 4.69. The minimum atomic E-state index is 0.0736. The predicted molar refractivity (Wildman–Crippen MR) is 94.1 cm³/mol. The molecule has 0 bridgehead atoms. The van der Waals surface area contributed by atoms with Crippen LogP contribution in [0.1, 0.15) is 19.4 Å². The molecule has 0 aliphatic rings. The van der Waals surface area contributed by atoms with Crippen molar-refractivity contribution >= 4 is 27.8 Å². The van der Waals surface area contributed by atoms with Crippen LogP contribution in [0.5, 0.6) is 11.5 Å². The van der Waals surface area contributed by atoms with E-state index in [0.717, 1.165) is 15.7 Å². The molecule has 2 rings (SSSR count). The van der Waals surface area contributed by atoms with Gasteiger partial charge in [-0.3, -0.25) is 5.43 Å². The molecule has 22 heavy (non-hydrogen) atoms. The quantitative estimate of drug-likeness (QED) is 0.598. The number of rotatable bonds is 6. The summed E-state index contributed by atoms with van der Waals surface area (Å²) in [4.78, 5) is 0. The topological polar surface area (TPSA) is 42.8 Å². The van der Waals surface area contributed by atoms with Gasteiger partial charge in [0.2, 0.25) is 0 Å². The molecule has 0 unspecified atom stereocenters. The van der Waals surface area contributed by atoms with Crippen LogP contribution in [0.2, 0.25) is 0 Å². The Morgan fingerprint density at radius 1 is 1.18 bits per heavy atom. The van der Waals surface area contributed by atoms with Crippen molar-refractivity contribution < 1.29 is 9.47 Å². The number of anilines is 1. The number of benzene rings is 2. The number of ether oxygens (including phenoxy) is 2. The second kappa shape index (κ2) is 7.84. The van der Waals surface area contributed by atoms with Crippen LogP contribution in [-0.2, 0) is 0 Å². The third kappa shape index (κ3) is 4.49. The maximum atomic E-state index is 5.76. The zero-order chi connectivity index (χ0) is 15.9. The zero-order valence-electron chi connectivity index (χ0n) is 12.8. The number of para-hydroxylation sites is 1. The molecule has 5 heteroatoms. The lowest BCUT2D eigenvalue weighted by molar-refractivity contribution is 0.228. The number of hydrazone groups is 1. The van der Waals surface area contributed by atoms with Crippen molar-refractivity contribution in [1.82, 2.24) is 0 Å². The molecule has 0 radical (unpaired) electrons. The summed E-state index contributed by atoms with van der Waals surface area (Å²) in [7, 11) is 1.62. The molecule has 0 aliphatic carbocycles. The van der Waals surface area contributed by atoms with E-state index in [9.17, 15) is 0 Å². The Hall–Kier alpha value is -2.01. The molecule has 0 amide bonds. The summed E-state index contributed by atoms with van der Waals surface area (Å²) in [5.41, 5.74) is 4.82. The highest BCUT2D eigenvalue weighted by Crippen LogP contribution is 2.36. The van der Waals surface area contributed by atoms with Gasteiger partial charge in [0.15, 0.2) is 11.5 Å². The minimum absolute atomic E-state index is 0.0736. The molecule has 0 heterocycles. The van der Waals surface area contributed by atoms with E-state index in [1.54, 1.807) is 13.3 Å². The van der Waals surface area contributed by atoms with Crippen molar-refractivity contribution in [3.63, 3.8) is 0 Å². The molecule has 0 atom stereocenters. The van der Waals surface area contributed by atoms with E-state index in [2.05, 4.69) is 26.5 Å². The minimum Gasteiger partial charge on any atom is -0.493 e. The van der Waals surface area contributed by atoms with Crippen molar-refractivity contribution in [2.24, 2.45) is 5.10 Å². The molecule has 4 nitrogen and oxygen atoms in total. The molecule has 1 N–H and O–H groups in total. The first-order chi connectivity index (χ1) is 10.6. The standard InChI is InChI=1S/C17H19BrN2O2/c1-12(2)22-17-15(18)9-13(10-16(17)21-3)11-19-20-14-7-5-4-6-8-14/h4-12,20H,1-3H3/b19-11+. The Morgan fingerprint density at radius 3 is 2.55 bits per heavy atom. The van der Waals surface area contributed by atoms with Gasteiger partial charge in [0, 0.05) is 0 Å². The maximum absolute atomic E-state index is 5.76. The normalized spacial score (nSPS) is 11.0. The number of hydrogen-bond donors (Lipinski definition) is 1. The van der Waals surface area contributed by atoms with E-state index in [1.165, 1.54) is 0 Å². The highest BCUT2D eigenvalue weighted by atomic mass is 79.9. The zero-order valence-corrected chi connectivity index (χ0v) is 14.4. The fourth-order valence-corrected chi connectivity index (χ4v) is 2.41. The average molecular weight is 363 g/mol. The van der Waals surface area contributed by atoms with Gasteiger partial charge in [0.05, 0.1) is 29.6 Å². The van der Waals surface area contributed by atoms with Gasteiger partial charge in [-0.15, -0.1) is 0 Å². The number of nitrogens with one attached hydrogen (secondary N) is 1. The van der Waals surface area contributed by atoms with Crippen LogP contribution in [0.15, 0.2) is 52.0 Å². The second-order valence-electron chi connectivity index (χ2n) is 4.94. The average Bonchev–Trinajstić information content (AvgIpc) is 2.50. The van der Waals surface area contributed by atoms with E-state index >= 15 is 0 Å². The van der Waals surface area contributed by atoms with Crippen molar-refractivity contribution in [2.45, 2.75) is 20.0 Å². The van der Waals surface area contributed by atoms with Crippen LogP contribution in [0.3, 0.4) is 0 Å². The molecule has 0 fully saturated rings. The van der Waals surface area contributed by atoms with Crippen molar-refractivity contribution in [3.8, 4) is 11.5 Å². The van der Waals surface area contributed by atoms with Gasteiger partial charge < -0.3 is 9.47 Å². The monoisotopic (exact) mass is 362 g/mol. The first-order valence-corrected chi connectivity index (χ1v) is 7.77. The largest absolute Gasteiger partial charge is 0.493 e. The van der Waals surface area contributed by atoms with Crippen LogP contribution in [0.4, 0.5) is 5.69 Å². The summed E-state index contributed by atoms with van der Waals surface area (Å²) in [5, 5.41) is 4.23. The highest BCUT2D eigenvalue weighted by molar-refractivity contribution is 9.10. The number of methoxy groups -OCH3 is 1. The van der Waals surface area contributed by atoms with Crippen LogP contribution in [0.25, 0.3) is 0 Å². The summed E-state index contributed by atoms with van der Waals surface area (Å²) in [6.07, 6.45) is 1.81. The summed E-state index contributed by atoms with van der Waals surface area (Å²) in [6.45, 7) is 3.95. The van der Waals surface area contributed by atoms with Crippen LogP contribution in [-0.4, -0.2) is 19.4 Å². The first kappa shape index (κ1) is 16.4. The van der Waals surface area contributed by atoms with Gasteiger partial charge in [-0.05, 0) is 59.6 Å². The number of nitrogens with zero attached hydrogens (tertiary/aromatic N) is 1. The Kier molecular flexibility index (Phi) is 5.83. The SMILES string of the molecule is COc1cc(/C=N/Nc2ccccc2)cc(Br)c1OC(C)C. The molecule has 2 aromatic rings. The van der Waals surface area contributed by atoms with Crippen molar-refractivity contribution in [2.75, 3.05) is 12.5 Å². The van der Waals surface area contributed by atoms with Crippen molar-refractivity contribution in [3.05, 3.63) is 52.5 Å². The van der Waals surface area contributed by atoms with Gasteiger partial charge >= 0.3 is 0 Å². The van der Waals surface area contributed by atoms with E-state index in [-0.39, 0.29) is 6.10 Å². The van der Waals surface area contributed by atoms with Gasteiger partial charge in [-0.25, -0.2) is 0 Å². The van der Waals surface area contributed by atoms with Gasteiger partial charge in [-0.1, -0.05) is 18.2 Å². The Bertz CT molecular complexity index is 643. The molecular formula is C17H19BrN2O2. The number of hydrogen-bond acceptors (Lipinski definition) is 4. The number of halogens is 1. The summed E-state index contributed by atoms with van der Waals surface area (Å²) < 4.78 is 12.0. The Balaban J connectivity index is 2.16. The second-order valence-corrected chi connectivity index (χ2v) is 5.79. The van der Waals surface area contributed by atoms with Gasteiger partial charge in [-0.2, -0.15) is 5.10 Å². The van der Waals surface area contributed by atoms with Crippen molar-refractivity contribution in [1.29, 1.82) is 0 Å². The third-order valence-electron chi connectivity index (χ3n) is 2.79. The van der Waals surface area contributed by atoms with Crippen LogP contribution in [0, 0.1) is 0 Å². The van der Waals surface area contributed by atoms with Gasteiger partial charge in [0.1, 0.15) is 0 Å². The van der Waals surface area contributed by atoms with E-state index < -0.39 is 0 Å². The smallest absolute Gasteiger partial charge is 0.175 e. The molecule has 116 valence electrons. The lowest BCUT2D eigenvalue weighted by Crippen LogP contribution is -2.07. The fraction of sp³-hybridized carbons (Fsp3) is 0.235. The lowest BCUT2D eigenvalue weighted by atomic mass is 10.2. The Labute approximate surface area is 139 Å². The van der Waals surface area contributed by atoms with Gasteiger partial charge in [0.25, 0.3) is 0 Å². The fourth-order valence-electron chi connectivity index (χ4n) is 1.86. The van der Waals surface area contributed by atoms with E-state index in [4.69, 9.17) is 9.47 Å². The molecule has 2 aromatic carbocycles. The van der Waals surface area contributed by atoms with Crippen LogP contribution < -0.4 is 14.9 Å². The van der Waals surface area contributed by atoms with Crippen LogP contribution >= 0.6 is 15.9 Å². The summed E-state index contributed by atoms with van der Waals surface area (Å²) in [6, 6.07) is 13.6. The van der Waals surface area contributed by atoms with E-state index in [0.29, 0.717) is 11.5 Å². The maximum Gasteiger partial charge on any atom is 0.175 e. The first-order valence-electron chi connectivity index (χ1n) is 6.98. The highest BCUT2D eigenvalue weighted by Gasteiger charge is 2.12. The summed E-state index contributed by atoms with van der Waals surface area (Å²) >= 11 is 3.52. The molecule has 0 aromatic heterocycles. The molecule has 0 saturated heterocycles. The molecule has 0 saturated carbocycles. The Morgan fingerprint density at radius 2 is 1.91 bits per heavy atom.